The first-order chi connectivity index (χ1) is 9.55. The van der Waals surface area contributed by atoms with E-state index in [4.69, 9.17) is 0 Å². The Morgan fingerprint density at radius 2 is 1.70 bits per heavy atom. The van der Waals surface area contributed by atoms with Crippen molar-refractivity contribution in [3.05, 3.63) is 42.2 Å². The Hall–Kier alpha value is -2.15. The van der Waals surface area contributed by atoms with Gasteiger partial charge >= 0.3 is 0 Å². The van der Waals surface area contributed by atoms with Gasteiger partial charge in [-0.05, 0) is 24.1 Å². The van der Waals surface area contributed by atoms with Crippen LogP contribution >= 0.6 is 0 Å². The molecule has 106 valence electrons. The molecule has 0 saturated carbocycles. The first kappa shape index (κ1) is 14.3. The van der Waals surface area contributed by atoms with Crippen LogP contribution in [0, 0.1) is 0 Å². The molecule has 2 rings (SSSR count). The van der Waals surface area contributed by atoms with Gasteiger partial charge in [0.1, 0.15) is 4.90 Å². The van der Waals surface area contributed by atoms with E-state index in [9.17, 15) is 8.42 Å². The molecule has 0 unspecified atom stereocenters. The number of hydrogen-bond acceptors (Lipinski definition) is 5. The molecule has 0 fully saturated rings. The standard InChI is InChI=1S/C13H16N4O2S/c1-3-10-4-6-11(7-5-10)17-20(18,19)12-8-15-13(14-2)16-9-12/h4-9,17H,3H2,1-2H3,(H,14,15,16). The smallest absolute Gasteiger partial charge is 0.264 e. The SMILES string of the molecule is CCc1ccc(NS(=O)(=O)c2cnc(NC)nc2)cc1. The topological polar surface area (TPSA) is 84.0 Å². The highest BCUT2D eigenvalue weighted by atomic mass is 32.2. The molecule has 0 radical (unpaired) electrons. The lowest BCUT2D eigenvalue weighted by Gasteiger charge is -2.08. The van der Waals surface area contributed by atoms with Gasteiger partial charge in [-0.2, -0.15) is 0 Å². The molecule has 20 heavy (non-hydrogen) atoms. The number of nitrogens with one attached hydrogen (secondary N) is 2. The van der Waals surface area contributed by atoms with Crippen LogP contribution in [0.4, 0.5) is 11.6 Å². The summed E-state index contributed by atoms with van der Waals surface area (Å²) in [6.07, 6.45) is 3.44. The molecule has 2 N–H and O–H groups in total. The van der Waals surface area contributed by atoms with Gasteiger partial charge in [-0.15, -0.1) is 0 Å². The van der Waals surface area contributed by atoms with Crippen LogP contribution in [0.15, 0.2) is 41.6 Å². The molecule has 0 aliphatic rings. The average Bonchev–Trinajstić information content (AvgIpc) is 2.48. The Morgan fingerprint density at radius 3 is 2.20 bits per heavy atom. The maximum absolute atomic E-state index is 12.1. The highest BCUT2D eigenvalue weighted by molar-refractivity contribution is 7.92. The number of aryl methyl sites for hydroxylation is 1. The van der Waals surface area contributed by atoms with Gasteiger partial charge in [-0.1, -0.05) is 19.1 Å². The number of sulfonamides is 1. The minimum atomic E-state index is -3.66. The minimum absolute atomic E-state index is 0.0241. The fourth-order valence-corrected chi connectivity index (χ4v) is 2.55. The number of nitrogens with zero attached hydrogens (tertiary/aromatic N) is 2. The molecule has 7 heteroatoms. The van der Waals surface area contributed by atoms with Gasteiger partial charge in [-0.3, -0.25) is 4.72 Å². The van der Waals surface area contributed by atoms with E-state index in [0.29, 0.717) is 11.6 Å². The fourth-order valence-electron chi connectivity index (χ4n) is 1.61. The summed E-state index contributed by atoms with van der Waals surface area (Å²) in [5.74, 6) is 0.372. The van der Waals surface area contributed by atoms with E-state index in [1.165, 1.54) is 12.4 Å². The molecule has 0 aliphatic carbocycles. The van der Waals surface area contributed by atoms with Crippen LogP contribution in [0.5, 0.6) is 0 Å². The molecular formula is C13H16N4O2S. The summed E-state index contributed by atoms with van der Waals surface area (Å²) in [5, 5.41) is 2.73. The summed E-state index contributed by atoms with van der Waals surface area (Å²) in [4.78, 5) is 7.81. The van der Waals surface area contributed by atoms with Crippen LogP contribution in [-0.2, 0) is 16.4 Å². The second kappa shape index (κ2) is 5.87. The van der Waals surface area contributed by atoms with E-state index in [1.54, 1.807) is 19.2 Å². The third kappa shape index (κ3) is 3.24. The maximum atomic E-state index is 12.1. The van der Waals surface area contributed by atoms with Gasteiger partial charge in [0.15, 0.2) is 0 Å². The van der Waals surface area contributed by atoms with Gasteiger partial charge in [0.05, 0.1) is 12.4 Å². The van der Waals surface area contributed by atoms with Crippen LogP contribution in [0.3, 0.4) is 0 Å². The van der Waals surface area contributed by atoms with Gasteiger partial charge in [0, 0.05) is 12.7 Å². The zero-order chi connectivity index (χ0) is 14.6. The normalized spacial score (nSPS) is 11.1. The van der Waals surface area contributed by atoms with E-state index >= 15 is 0 Å². The third-order valence-electron chi connectivity index (χ3n) is 2.78. The fraction of sp³-hybridized carbons (Fsp3) is 0.231. The molecule has 1 heterocycles. The summed E-state index contributed by atoms with van der Waals surface area (Å²) in [7, 11) is -2.00. The van der Waals surface area contributed by atoms with E-state index in [-0.39, 0.29) is 4.90 Å². The molecule has 0 amide bonds. The summed E-state index contributed by atoms with van der Waals surface area (Å²) in [5.41, 5.74) is 1.66. The van der Waals surface area contributed by atoms with Gasteiger partial charge in [-0.25, -0.2) is 18.4 Å². The van der Waals surface area contributed by atoms with Crippen LogP contribution in [0.25, 0.3) is 0 Å². The second-order valence-corrected chi connectivity index (χ2v) is 5.83. The Bertz CT molecular complexity index is 667. The average molecular weight is 292 g/mol. The molecule has 0 spiro atoms. The van der Waals surface area contributed by atoms with Crippen molar-refractivity contribution in [2.24, 2.45) is 0 Å². The van der Waals surface area contributed by atoms with Crippen LogP contribution in [0.1, 0.15) is 12.5 Å². The summed E-state index contributed by atoms with van der Waals surface area (Å²) in [6.45, 7) is 2.04. The van der Waals surface area contributed by atoms with Gasteiger partial charge in [0.25, 0.3) is 10.0 Å². The van der Waals surface area contributed by atoms with Crippen molar-refractivity contribution in [3.63, 3.8) is 0 Å². The van der Waals surface area contributed by atoms with Crippen molar-refractivity contribution in [1.29, 1.82) is 0 Å². The Labute approximate surface area is 118 Å². The van der Waals surface area contributed by atoms with E-state index in [1.807, 2.05) is 19.1 Å². The first-order valence-electron chi connectivity index (χ1n) is 6.16. The van der Waals surface area contributed by atoms with Gasteiger partial charge in [0.2, 0.25) is 5.95 Å². The number of benzene rings is 1. The van der Waals surface area contributed by atoms with Crippen LogP contribution < -0.4 is 10.0 Å². The van der Waals surface area contributed by atoms with Crippen molar-refractivity contribution in [2.75, 3.05) is 17.1 Å². The molecule has 0 atom stereocenters. The number of hydrogen-bond donors (Lipinski definition) is 2. The molecule has 6 nitrogen and oxygen atoms in total. The van der Waals surface area contributed by atoms with Crippen molar-refractivity contribution < 1.29 is 8.42 Å². The zero-order valence-electron chi connectivity index (χ0n) is 11.3. The van der Waals surface area contributed by atoms with Crippen LogP contribution in [0.2, 0.25) is 0 Å². The molecule has 0 bridgehead atoms. The predicted molar refractivity (Wildman–Crippen MR) is 78.2 cm³/mol. The summed E-state index contributed by atoms with van der Waals surface area (Å²) >= 11 is 0. The molecule has 1 aromatic heterocycles. The van der Waals surface area contributed by atoms with E-state index in [2.05, 4.69) is 20.0 Å². The first-order valence-corrected chi connectivity index (χ1v) is 7.65. The zero-order valence-corrected chi connectivity index (χ0v) is 12.1. The summed E-state index contributed by atoms with van der Waals surface area (Å²) < 4.78 is 26.8. The highest BCUT2D eigenvalue weighted by Gasteiger charge is 2.15. The van der Waals surface area contributed by atoms with Crippen molar-refractivity contribution in [1.82, 2.24) is 9.97 Å². The molecule has 1 aromatic carbocycles. The molecule has 0 aliphatic heterocycles. The second-order valence-electron chi connectivity index (χ2n) is 4.15. The monoisotopic (exact) mass is 292 g/mol. The molecule has 2 aromatic rings. The predicted octanol–water partition coefficient (Wildman–Crippen LogP) is 1.88. The van der Waals surface area contributed by atoms with E-state index < -0.39 is 10.0 Å². The lowest BCUT2D eigenvalue weighted by molar-refractivity contribution is 0.600. The Morgan fingerprint density at radius 1 is 1.10 bits per heavy atom. The molecule has 0 saturated heterocycles. The minimum Gasteiger partial charge on any atom is -0.357 e. The van der Waals surface area contributed by atoms with Crippen molar-refractivity contribution >= 4 is 21.7 Å². The Kier molecular flexibility index (Phi) is 4.19. The third-order valence-corrected chi connectivity index (χ3v) is 4.11. The number of aromatic nitrogens is 2. The molecular weight excluding hydrogens is 276 g/mol. The quantitative estimate of drug-likeness (QED) is 0.879. The number of rotatable bonds is 5. The largest absolute Gasteiger partial charge is 0.357 e. The van der Waals surface area contributed by atoms with Crippen LogP contribution in [-0.4, -0.2) is 25.4 Å². The lowest BCUT2D eigenvalue weighted by atomic mass is 10.2. The van der Waals surface area contributed by atoms with Crippen molar-refractivity contribution in [2.45, 2.75) is 18.2 Å². The Balaban J connectivity index is 2.20. The van der Waals surface area contributed by atoms with Gasteiger partial charge < -0.3 is 5.32 Å². The lowest BCUT2D eigenvalue weighted by Crippen LogP contribution is -2.14. The van der Waals surface area contributed by atoms with Crippen molar-refractivity contribution in [3.8, 4) is 0 Å². The maximum Gasteiger partial charge on any atom is 0.264 e. The van der Waals surface area contributed by atoms with E-state index in [0.717, 1.165) is 12.0 Å². The highest BCUT2D eigenvalue weighted by Crippen LogP contribution is 2.16. The number of anilines is 2. The summed E-state index contributed by atoms with van der Waals surface area (Å²) in [6, 6.07) is 7.25.